The Kier molecular flexibility index (Phi) is 13.5. The molecule has 3 N–H and O–H groups in total. The molecular formula is C52H55F2N9O5. The standard InChI is InChI=1S/C50H50F2N8O4.C2H5NO/c1-3-6-36(28-61)60-25-33-21-31(8-12-39(33)48(60)63)7-5-16-57-17-19-58(20-18-57)29-50(14-15-50)30-64-49-55-46-41(47(56-49)59-26-34-10-11-35(27-59)54-34)24-53-45(44(46)52)40-23-37(62)22-32-9-13-42(51)38(4-2)43(32)40;1-3-2-4/h2,8-9,12-13,21-24,28,34-36,54,62H,3,6,10-11,14-20,25-27,29-30H2,1H3;2H,1H3,(H,3,4). The maximum absolute atomic E-state index is 17.1. The second-order valence-corrected chi connectivity index (χ2v) is 18.6. The normalized spacial score (nSPS) is 19.9. The zero-order valence-electron chi connectivity index (χ0n) is 38.4. The van der Waals surface area contributed by atoms with Gasteiger partial charge in [-0.2, -0.15) is 9.97 Å². The number of benzene rings is 3. The third kappa shape index (κ3) is 9.54. The number of aromatic hydroxyl groups is 1. The number of halogens is 2. The number of phenols is 1. The van der Waals surface area contributed by atoms with Crippen molar-refractivity contribution < 1.29 is 33.0 Å². The molecule has 3 unspecified atom stereocenters. The van der Waals surface area contributed by atoms with E-state index in [1.165, 1.54) is 24.3 Å². The van der Waals surface area contributed by atoms with Crippen LogP contribution in [0.5, 0.6) is 11.8 Å². The van der Waals surface area contributed by atoms with E-state index in [0.29, 0.717) is 79.9 Å². The van der Waals surface area contributed by atoms with Gasteiger partial charge in [-0.15, -0.1) is 6.42 Å². The molecule has 4 fully saturated rings. The van der Waals surface area contributed by atoms with E-state index >= 15 is 4.39 Å². The highest BCUT2D eigenvalue weighted by molar-refractivity contribution is 6.03. The van der Waals surface area contributed by atoms with Crippen LogP contribution in [0.15, 0.2) is 48.7 Å². The van der Waals surface area contributed by atoms with Gasteiger partial charge in [-0.1, -0.05) is 37.2 Å². The molecule has 2 bridgehead atoms. The molecule has 10 rings (SSSR count). The Morgan fingerprint density at radius 3 is 2.47 bits per heavy atom. The summed E-state index contributed by atoms with van der Waals surface area (Å²) < 4.78 is 38.5. The van der Waals surface area contributed by atoms with E-state index in [1.807, 2.05) is 25.1 Å². The molecule has 3 saturated heterocycles. The number of phenolic OH excluding ortho intramolecular Hbond substituents is 1. The van der Waals surface area contributed by atoms with Gasteiger partial charge in [0, 0.05) is 105 Å². The monoisotopic (exact) mass is 923 g/mol. The van der Waals surface area contributed by atoms with Gasteiger partial charge in [-0.3, -0.25) is 19.5 Å². The number of carbonyl (C=O) groups excluding carboxylic acids is 3. The Balaban J connectivity index is 0.00000139. The minimum absolute atomic E-state index is 0.0307. The summed E-state index contributed by atoms with van der Waals surface area (Å²) in [4.78, 5) is 56.5. The molecule has 5 aliphatic rings. The Bertz CT molecular complexity index is 2850. The zero-order chi connectivity index (χ0) is 47.5. The average molecular weight is 924 g/mol. The molecule has 0 spiro atoms. The summed E-state index contributed by atoms with van der Waals surface area (Å²) in [5, 5.41) is 17.7. The van der Waals surface area contributed by atoms with Gasteiger partial charge >= 0.3 is 6.01 Å². The van der Waals surface area contributed by atoms with E-state index in [4.69, 9.17) is 20.9 Å². The summed E-state index contributed by atoms with van der Waals surface area (Å²) in [7, 11) is 1.56. The largest absolute Gasteiger partial charge is 0.508 e. The number of carbonyl (C=O) groups is 3. The lowest BCUT2D eigenvalue weighted by Crippen LogP contribution is -2.51. The van der Waals surface area contributed by atoms with Crippen molar-refractivity contribution in [3.63, 3.8) is 0 Å². The number of amides is 2. The quantitative estimate of drug-likeness (QED) is 0.104. The number of anilines is 1. The van der Waals surface area contributed by atoms with Crippen LogP contribution in [0.4, 0.5) is 14.6 Å². The van der Waals surface area contributed by atoms with Gasteiger partial charge in [0.05, 0.1) is 30.1 Å². The van der Waals surface area contributed by atoms with Crippen LogP contribution in [0.2, 0.25) is 0 Å². The predicted octanol–water partition coefficient (Wildman–Crippen LogP) is 5.26. The number of aldehydes is 1. The third-order valence-corrected chi connectivity index (χ3v) is 13.8. The molecule has 2 amide bonds. The molecule has 6 heterocycles. The maximum atomic E-state index is 17.1. The Hall–Kier alpha value is -6.72. The maximum Gasteiger partial charge on any atom is 0.319 e. The summed E-state index contributed by atoms with van der Waals surface area (Å²) in [6.45, 7) is 9.30. The van der Waals surface area contributed by atoms with E-state index in [9.17, 15) is 19.1 Å². The summed E-state index contributed by atoms with van der Waals surface area (Å²) >= 11 is 0. The van der Waals surface area contributed by atoms with Gasteiger partial charge in [0.1, 0.15) is 34.9 Å². The fraction of sp³-hybridized carbons (Fsp3) is 0.423. The van der Waals surface area contributed by atoms with E-state index in [1.54, 1.807) is 18.1 Å². The van der Waals surface area contributed by atoms with Crippen molar-refractivity contribution in [1.29, 1.82) is 0 Å². The number of pyridine rings is 1. The molecule has 16 heteroatoms. The molecule has 2 aromatic heterocycles. The Morgan fingerprint density at radius 2 is 1.78 bits per heavy atom. The SMILES string of the molecule is C#Cc1c(F)ccc2cc(O)cc(-c3ncc4c(N5CC6CCC(C5)N6)nc(OCC5(CN6CCN(CC#Cc7ccc8c(c7)CN(C(C=O)CCC)C8=O)CC6)CC5)nc4c3F)c12.CNC=O. The second-order valence-electron chi connectivity index (χ2n) is 18.6. The smallest absolute Gasteiger partial charge is 0.319 e. The van der Waals surface area contributed by atoms with E-state index in [-0.39, 0.29) is 50.8 Å². The first-order valence-electron chi connectivity index (χ1n) is 23.4. The van der Waals surface area contributed by atoms with Crippen molar-refractivity contribution in [3.05, 3.63) is 82.5 Å². The van der Waals surface area contributed by atoms with Gasteiger partial charge in [0.15, 0.2) is 5.82 Å². The number of fused-ring (bicyclic) bond motifs is 5. The molecular weight excluding hydrogens is 869 g/mol. The topological polar surface area (TPSA) is 156 Å². The van der Waals surface area contributed by atoms with Crippen molar-refractivity contribution >= 4 is 46.1 Å². The number of hydrogen-bond donors (Lipinski definition) is 3. The molecule has 1 saturated carbocycles. The van der Waals surface area contributed by atoms with Crippen LogP contribution in [-0.2, 0) is 16.1 Å². The highest BCUT2D eigenvalue weighted by atomic mass is 19.1. The van der Waals surface area contributed by atoms with Gasteiger partial charge in [-0.25, -0.2) is 8.78 Å². The van der Waals surface area contributed by atoms with Crippen LogP contribution in [0.3, 0.4) is 0 Å². The van der Waals surface area contributed by atoms with Crippen LogP contribution >= 0.6 is 0 Å². The fourth-order valence-electron chi connectivity index (χ4n) is 10.1. The fourth-order valence-corrected chi connectivity index (χ4v) is 10.1. The van der Waals surface area contributed by atoms with E-state index in [2.05, 4.69) is 53.1 Å². The summed E-state index contributed by atoms with van der Waals surface area (Å²) in [5.41, 5.74) is 2.41. The number of terminal acetylenes is 1. The number of nitrogens with one attached hydrogen (secondary N) is 2. The van der Waals surface area contributed by atoms with Crippen molar-refractivity contribution in [2.45, 2.75) is 70.1 Å². The van der Waals surface area contributed by atoms with Crippen molar-refractivity contribution in [1.82, 2.24) is 40.3 Å². The van der Waals surface area contributed by atoms with Crippen LogP contribution in [-0.4, -0.2) is 137 Å². The lowest BCUT2D eigenvalue weighted by Gasteiger charge is -2.36. The number of hydrogen-bond acceptors (Lipinski definition) is 12. The first-order chi connectivity index (χ1) is 33.0. The van der Waals surface area contributed by atoms with Crippen LogP contribution in [0, 0.1) is 41.2 Å². The number of ether oxygens (including phenoxy) is 1. The lowest BCUT2D eigenvalue weighted by atomic mass is 9.96. The summed E-state index contributed by atoms with van der Waals surface area (Å²) in [5.74, 6) is 8.00. The van der Waals surface area contributed by atoms with Crippen molar-refractivity contribution in [2.24, 2.45) is 5.41 Å². The van der Waals surface area contributed by atoms with Gasteiger partial charge in [-0.05, 0) is 79.5 Å². The number of nitrogens with zero attached hydrogens (tertiary/aromatic N) is 7. The number of rotatable bonds is 13. The van der Waals surface area contributed by atoms with Gasteiger partial charge < -0.3 is 40.0 Å². The average Bonchev–Trinajstić information content (AvgIpc) is 3.93. The molecule has 3 aromatic carbocycles. The Morgan fingerprint density at radius 1 is 1.03 bits per heavy atom. The highest BCUT2D eigenvalue weighted by Gasteiger charge is 2.45. The minimum Gasteiger partial charge on any atom is -0.508 e. The minimum atomic E-state index is -0.737. The number of aromatic nitrogens is 3. The molecule has 352 valence electrons. The first kappa shape index (κ1) is 46.4. The molecule has 1 aliphatic carbocycles. The van der Waals surface area contributed by atoms with E-state index in [0.717, 1.165) is 82.2 Å². The van der Waals surface area contributed by atoms with Crippen LogP contribution < -0.4 is 20.3 Å². The van der Waals surface area contributed by atoms with Crippen LogP contribution in [0.25, 0.3) is 32.9 Å². The predicted molar refractivity (Wildman–Crippen MR) is 255 cm³/mol. The molecule has 3 atom stereocenters. The zero-order valence-corrected chi connectivity index (χ0v) is 38.4. The number of piperazine rings is 2. The van der Waals surface area contributed by atoms with E-state index < -0.39 is 17.7 Å². The highest BCUT2D eigenvalue weighted by Crippen LogP contribution is 2.47. The van der Waals surface area contributed by atoms with Crippen molar-refractivity contribution in [3.8, 4) is 47.2 Å². The summed E-state index contributed by atoms with van der Waals surface area (Å²) in [6, 6.07) is 11.5. The summed E-state index contributed by atoms with van der Waals surface area (Å²) in [6.07, 6.45) is 14.4. The van der Waals surface area contributed by atoms with Crippen molar-refractivity contribution in [2.75, 3.05) is 70.9 Å². The van der Waals surface area contributed by atoms with Gasteiger partial charge in [0.2, 0.25) is 6.41 Å². The Labute approximate surface area is 394 Å². The molecule has 68 heavy (non-hydrogen) atoms. The first-order valence-corrected chi connectivity index (χ1v) is 23.4. The van der Waals surface area contributed by atoms with Gasteiger partial charge in [0.25, 0.3) is 5.91 Å². The second kappa shape index (κ2) is 19.9. The molecule has 0 radical (unpaired) electrons. The molecule has 14 nitrogen and oxygen atoms in total. The third-order valence-electron chi connectivity index (χ3n) is 13.8. The molecule has 4 aliphatic heterocycles. The lowest BCUT2D eigenvalue weighted by molar-refractivity contribution is -0.112. The molecule has 5 aromatic rings. The van der Waals surface area contributed by atoms with Crippen LogP contribution in [0.1, 0.15) is 72.5 Å².